The van der Waals surface area contributed by atoms with E-state index in [1.54, 1.807) is 11.9 Å². The third kappa shape index (κ3) is 3.41. The number of carbonyl (C=O) groups excluding carboxylic acids is 1. The van der Waals surface area contributed by atoms with Crippen molar-refractivity contribution in [1.82, 2.24) is 10.2 Å². The number of carbonyl (C=O) groups is 1. The summed E-state index contributed by atoms with van der Waals surface area (Å²) < 4.78 is 26.2. The average Bonchev–Trinajstić information content (AvgIpc) is 2.42. The van der Waals surface area contributed by atoms with E-state index in [0.29, 0.717) is 0 Å². The van der Waals surface area contributed by atoms with Crippen LogP contribution >= 0.6 is 0 Å². The van der Waals surface area contributed by atoms with Gasteiger partial charge in [-0.2, -0.15) is 0 Å². The molecule has 19 heavy (non-hydrogen) atoms. The molecule has 0 aromatic heterocycles. The first kappa shape index (κ1) is 13.7. The minimum absolute atomic E-state index is 0.00724. The van der Waals surface area contributed by atoms with Gasteiger partial charge in [0.15, 0.2) is 0 Å². The van der Waals surface area contributed by atoms with Gasteiger partial charge >= 0.3 is 6.03 Å². The van der Waals surface area contributed by atoms with Gasteiger partial charge in [0.25, 0.3) is 0 Å². The Balaban J connectivity index is 1.99. The van der Waals surface area contributed by atoms with E-state index in [0.717, 1.165) is 38.1 Å². The molecule has 2 amide bonds. The summed E-state index contributed by atoms with van der Waals surface area (Å²) in [6.45, 7) is 1.74. The van der Waals surface area contributed by atoms with E-state index in [2.05, 4.69) is 10.6 Å². The number of rotatable bonds is 2. The monoisotopic (exact) mass is 269 g/mol. The van der Waals surface area contributed by atoms with Crippen LogP contribution in [-0.4, -0.2) is 37.1 Å². The maximum absolute atomic E-state index is 13.4. The standard InChI is InChI=1S/C13H17F2N3O/c1-18(10-4-6-16-7-5-10)13(19)17-12-3-2-9(14)8-11(12)15/h2-3,8,10,16H,4-7H2,1H3,(H,17,19). The second kappa shape index (κ2) is 5.97. The van der Waals surface area contributed by atoms with E-state index >= 15 is 0 Å². The van der Waals surface area contributed by atoms with Crippen LogP contribution in [0.25, 0.3) is 0 Å². The van der Waals surface area contributed by atoms with E-state index in [-0.39, 0.29) is 17.8 Å². The quantitative estimate of drug-likeness (QED) is 0.864. The summed E-state index contributed by atoms with van der Waals surface area (Å²) in [4.78, 5) is 13.6. The zero-order valence-electron chi connectivity index (χ0n) is 10.7. The van der Waals surface area contributed by atoms with Crippen molar-refractivity contribution < 1.29 is 13.6 Å². The second-order valence-electron chi connectivity index (χ2n) is 4.65. The van der Waals surface area contributed by atoms with E-state index < -0.39 is 11.6 Å². The Hall–Kier alpha value is -1.69. The highest BCUT2D eigenvalue weighted by atomic mass is 19.1. The first-order chi connectivity index (χ1) is 9.08. The summed E-state index contributed by atoms with van der Waals surface area (Å²) in [5.74, 6) is -1.44. The van der Waals surface area contributed by atoms with Crippen LogP contribution < -0.4 is 10.6 Å². The number of nitrogens with zero attached hydrogens (tertiary/aromatic N) is 1. The molecular formula is C13H17F2N3O. The molecule has 1 saturated heterocycles. The molecule has 0 atom stereocenters. The molecule has 0 radical (unpaired) electrons. The average molecular weight is 269 g/mol. The van der Waals surface area contributed by atoms with Crippen molar-refractivity contribution in [2.24, 2.45) is 0 Å². The number of nitrogens with one attached hydrogen (secondary N) is 2. The minimum atomic E-state index is -0.771. The van der Waals surface area contributed by atoms with Crippen LogP contribution in [0.5, 0.6) is 0 Å². The Morgan fingerprint density at radius 2 is 2.05 bits per heavy atom. The molecule has 1 aromatic carbocycles. The zero-order valence-corrected chi connectivity index (χ0v) is 10.7. The lowest BCUT2D eigenvalue weighted by Crippen LogP contribution is -2.45. The number of benzene rings is 1. The molecule has 1 aromatic rings. The molecule has 2 N–H and O–H groups in total. The van der Waals surface area contributed by atoms with Gasteiger partial charge < -0.3 is 15.5 Å². The number of hydrogen-bond donors (Lipinski definition) is 2. The van der Waals surface area contributed by atoms with Crippen LogP contribution in [0, 0.1) is 11.6 Å². The van der Waals surface area contributed by atoms with Crippen molar-refractivity contribution in [2.45, 2.75) is 18.9 Å². The zero-order chi connectivity index (χ0) is 13.8. The SMILES string of the molecule is CN(C(=O)Nc1ccc(F)cc1F)C1CCNCC1. The largest absolute Gasteiger partial charge is 0.325 e. The molecule has 1 aliphatic rings. The van der Waals surface area contributed by atoms with Crippen LogP contribution in [0.2, 0.25) is 0 Å². The van der Waals surface area contributed by atoms with Crippen LogP contribution in [0.15, 0.2) is 18.2 Å². The number of halogens is 2. The molecule has 0 spiro atoms. The lowest BCUT2D eigenvalue weighted by molar-refractivity contribution is 0.189. The Morgan fingerprint density at radius 3 is 2.68 bits per heavy atom. The minimum Gasteiger partial charge on any atom is -0.325 e. The molecule has 4 nitrogen and oxygen atoms in total. The van der Waals surface area contributed by atoms with Crippen molar-refractivity contribution >= 4 is 11.7 Å². The lowest BCUT2D eigenvalue weighted by atomic mass is 10.1. The Bertz CT molecular complexity index is 461. The van der Waals surface area contributed by atoms with Crippen LogP contribution in [-0.2, 0) is 0 Å². The van der Waals surface area contributed by atoms with Gasteiger partial charge in [0, 0.05) is 19.2 Å². The van der Waals surface area contributed by atoms with Gasteiger partial charge in [0.1, 0.15) is 11.6 Å². The maximum Gasteiger partial charge on any atom is 0.321 e. The fraction of sp³-hybridized carbons (Fsp3) is 0.462. The number of piperidine rings is 1. The Kier molecular flexibility index (Phi) is 4.31. The first-order valence-corrected chi connectivity index (χ1v) is 6.27. The Labute approximate surface area is 110 Å². The number of anilines is 1. The van der Waals surface area contributed by atoms with E-state index in [9.17, 15) is 13.6 Å². The molecule has 0 aliphatic carbocycles. The van der Waals surface area contributed by atoms with Gasteiger partial charge in [-0.1, -0.05) is 0 Å². The van der Waals surface area contributed by atoms with Crippen LogP contribution in [0.4, 0.5) is 19.3 Å². The summed E-state index contributed by atoms with van der Waals surface area (Å²) in [6, 6.07) is 2.85. The van der Waals surface area contributed by atoms with Gasteiger partial charge in [-0.05, 0) is 38.1 Å². The summed E-state index contributed by atoms with van der Waals surface area (Å²) in [6.07, 6.45) is 1.74. The highest BCUT2D eigenvalue weighted by Gasteiger charge is 2.22. The molecule has 1 heterocycles. The number of hydrogen-bond acceptors (Lipinski definition) is 2. The molecule has 1 fully saturated rings. The predicted octanol–water partition coefficient (Wildman–Crippen LogP) is 2.18. The van der Waals surface area contributed by atoms with Crippen LogP contribution in [0.1, 0.15) is 12.8 Å². The van der Waals surface area contributed by atoms with Crippen molar-refractivity contribution in [3.8, 4) is 0 Å². The summed E-state index contributed by atoms with van der Waals surface area (Å²) >= 11 is 0. The van der Waals surface area contributed by atoms with Gasteiger partial charge in [0.2, 0.25) is 0 Å². The third-order valence-corrected chi connectivity index (χ3v) is 3.35. The van der Waals surface area contributed by atoms with Crippen LogP contribution in [0.3, 0.4) is 0 Å². The van der Waals surface area contributed by atoms with E-state index in [4.69, 9.17) is 0 Å². The van der Waals surface area contributed by atoms with Gasteiger partial charge in [0.05, 0.1) is 5.69 Å². The smallest absolute Gasteiger partial charge is 0.321 e. The molecule has 1 aliphatic heterocycles. The third-order valence-electron chi connectivity index (χ3n) is 3.35. The van der Waals surface area contributed by atoms with Crippen molar-refractivity contribution in [1.29, 1.82) is 0 Å². The highest BCUT2D eigenvalue weighted by Crippen LogP contribution is 2.17. The molecule has 2 rings (SSSR count). The molecule has 0 unspecified atom stereocenters. The molecule has 6 heteroatoms. The van der Waals surface area contributed by atoms with Crippen molar-refractivity contribution in [3.63, 3.8) is 0 Å². The normalized spacial score (nSPS) is 16.2. The molecule has 104 valence electrons. The van der Waals surface area contributed by atoms with Gasteiger partial charge in [-0.15, -0.1) is 0 Å². The summed E-state index contributed by atoms with van der Waals surface area (Å²) in [5, 5.41) is 5.67. The fourth-order valence-electron chi connectivity index (χ4n) is 2.15. The highest BCUT2D eigenvalue weighted by molar-refractivity contribution is 5.89. The number of urea groups is 1. The van der Waals surface area contributed by atoms with E-state index in [1.165, 1.54) is 6.07 Å². The Morgan fingerprint density at radius 1 is 1.37 bits per heavy atom. The van der Waals surface area contributed by atoms with Gasteiger partial charge in [-0.3, -0.25) is 0 Å². The second-order valence-corrected chi connectivity index (χ2v) is 4.65. The van der Waals surface area contributed by atoms with Crippen molar-refractivity contribution in [3.05, 3.63) is 29.8 Å². The number of amides is 2. The van der Waals surface area contributed by atoms with E-state index in [1.807, 2.05) is 0 Å². The van der Waals surface area contributed by atoms with Crippen molar-refractivity contribution in [2.75, 3.05) is 25.5 Å². The van der Waals surface area contributed by atoms with Gasteiger partial charge in [-0.25, -0.2) is 13.6 Å². The fourth-order valence-corrected chi connectivity index (χ4v) is 2.15. The topological polar surface area (TPSA) is 44.4 Å². The molecule has 0 bridgehead atoms. The lowest BCUT2D eigenvalue weighted by Gasteiger charge is -2.31. The maximum atomic E-state index is 13.4. The summed E-state index contributed by atoms with van der Waals surface area (Å²) in [5.41, 5.74) is -0.00724. The summed E-state index contributed by atoms with van der Waals surface area (Å²) in [7, 11) is 1.69. The molecular weight excluding hydrogens is 252 g/mol. The molecule has 0 saturated carbocycles. The first-order valence-electron chi connectivity index (χ1n) is 6.27. The predicted molar refractivity (Wildman–Crippen MR) is 69.0 cm³/mol.